The topological polar surface area (TPSA) is 121 Å². The van der Waals surface area contributed by atoms with E-state index in [2.05, 4.69) is 43.6 Å². The Morgan fingerprint density at radius 1 is 0.982 bits per heavy atom. The van der Waals surface area contributed by atoms with Crippen LogP contribution in [0.4, 0.5) is 0 Å². The maximum absolute atomic E-state index is 14.1. The Bertz CT molecular complexity index is 2370. The molecule has 0 bridgehead atoms. The maximum Gasteiger partial charge on any atom is 0.271 e. The molecule has 0 aliphatic carbocycles. The van der Waals surface area contributed by atoms with E-state index >= 15 is 0 Å². The molecule has 0 spiro atoms. The fraction of sp³-hybridized carbons (Fsp3) is 0.364. The fourth-order valence-electron chi connectivity index (χ4n) is 7.60. The number of rotatable bonds is 14. The van der Waals surface area contributed by atoms with Crippen LogP contribution in [0, 0.1) is 31.1 Å². The number of benzene rings is 3. The van der Waals surface area contributed by atoms with E-state index in [9.17, 15) is 10.1 Å². The van der Waals surface area contributed by atoms with Gasteiger partial charge >= 0.3 is 0 Å². The Labute approximate surface area is 338 Å². The van der Waals surface area contributed by atoms with Crippen molar-refractivity contribution in [3.63, 3.8) is 0 Å². The maximum atomic E-state index is 14.1. The molecule has 7 rings (SSSR count). The molecule has 1 saturated heterocycles. The van der Waals surface area contributed by atoms with Gasteiger partial charge in [-0.1, -0.05) is 54.6 Å². The minimum atomic E-state index is -1.59. The van der Waals surface area contributed by atoms with Gasteiger partial charge in [0.2, 0.25) is 0 Å². The minimum Gasteiger partial charge on any atom is -0.497 e. The van der Waals surface area contributed by atoms with E-state index in [1.54, 1.807) is 25.1 Å². The Morgan fingerprint density at radius 2 is 1.61 bits per heavy atom. The number of methoxy groups -OCH3 is 2. The largest absolute Gasteiger partial charge is 0.497 e. The molecule has 3 aromatic heterocycles. The zero-order chi connectivity index (χ0) is 40.3. The second-order valence-corrected chi connectivity index (χ2v) is 17.0. The van der Waals surface area contributed by atoms with E-state index in [1.165, 1.54) is 11.3 Å². The van der Waals surface area contributed by atoms with Crippen molar-refractivity contribution >= 4 is 40.3 Å². The highest BCUT2D eigenvalue weighted by molar-refractivity contribution is 7.44. The Balaban J connectivity index is 1.29. The van der Waals surface area contributed by atoms with Gasteiger partial charge < -0.3 is 23.3 Å². The van der Waals surface area contributed by atoms with Crippen LogP contribution in [0.25, 0.3) is 20.4 Å². The number of hydrogen-bond acceptors (Lipinski definition) is 11. The first-order chi connectivity index (χ1) is 27.6. The zero-order valence-electron chi connectivity index (χ0n) is 33.3. The number of thiophene rings is 1. The number of pyridine rings is 1. The summed E-state index contributed by atoms with van der Waals surface area (Å²) in [5.41, 5.74) is 4.12. The van der Waals surface area contributed by atoms with Gasteiger partial charge in [0.25, 0.3) is 14.1 Å². The van der Waals surface area contributed by atoms with E-state index in [0.717, 1.165) is 49.7 Å². The van der Waals surface area contributed by atoms with Gasteiger partial charge in [0.15, 0.2) is 0 Å². The molecule has 57 heavy (non-hydrogen) atoms. The Hall–Kier alpha value is -4.73. The van der Waals surface area contributed by atoms with Crippen molar-refractivity contribution in [3.8, 4) is 17.6 Å². The van der Waals surface area contributed by atoms with Gasteiger partial charge in [-0.3, -0.25) is 9.36 Å². The molecular formula is C44H48N5O6PS. The van der Waals surface area contributed by atoms with Gasteiger partial charge in [-0.25, -0.2) is 14.6 Å². The lowest BCUT2D eigenvalue weighted by molar-refractivity contribution is -0.0407. The Kier molecular flexibility index (Phi) is 12.4. The lowest BCUT2D eigenvalue weighted by Gasteiger charge is -2.44. The molecule has 0 radical (unpaired) electrons. The molecule has 6 aromatic rings. The number of hydrogen-bond donors (Lipinski definition) is 0. The van der Waals surface area contributed by atoms with Crippen molar-refractivity contribution in [2.45, 2.75) is 71.4 Å². The predicted molar refractivity (Wildman–Crippen MR) is 225 cm³/mol. The molecule has 3 aromatic carbocycles. The highest BCUT2D eigenvalue weighted by Crippen LogP contribution is 2.52. The molecule has 4 heterocycles. The van der Waals surface area contributed by atoms with Crippen molar-refractivity contribution in [2.75, 3.05) is 27.4 Å². The lowest BCUT2D eigenvalue weighted by atomic mass is 9.80. The first-order valence-corrected chi connectivity index (χ1v) is 21.0. The van der Waals surface area contributed by atoms with Crippen molar-refractivity contribution in [1.82, 2.24) is 19.2 Å². The summed E-state index contributed by atoms with van der Waals surface area (Å²) < 4.78 is 36.1. The van der Waals surface area contributed by atoms with Gasteiger partial charge in [0.05, 0.1) is 57.4 Å². The van der Waals surface area contributed by atoms with Gasteiger partial charge in [0.1, 0.15) is 26.6 Å². The number of aromatic nitrogens is 3. The average molecular weight is 806 g/mol. The summed E-state index contributed by atoms with van der Waals surface area (Å²) in [6.45, 7) is 10.9. The lowest BCUT2D eigenvalue weighted by Crippen LogP contribution is -2.45. The first kappa shape index (κ1) is 40.5. The average Bonchev–Trinajstić information content (AvgIpc) is 3.61. The zero-order valence-corrected chi connectivity index (χ0v) is 35.1. The van der Waals surface area contributed by atoms with Crippen LogP contribution < -0.4 is 15.0 Å². The molecule has 0 amide bonds. The SMILES string of the molecule is COc1ccc(C(OCC(CCn2cnc3c(sc4nc(C)cc(C)c43)c2=O)OP2OCC(C#N)C(C)N2C(C)C)(c2ccccc2)c2ccc(OC)cc2)cc1. The summed E-state index contributed by atoms with van der Waals surface area (Å²) in [5, 5.41) is 10.8. The Morgan fingerprint density at radius 3 is 2.21 bits per heavy atom. The van der Waals surface area contributed by atoms with Crippen LogP contribution in [0.3, 0.4) is 0 Å². The summed E-state index contributed by atoms with van der Waals surface area (Å²) in [6.07, 6.45) is 1.49. The molecule has 4 unspecified atom stereocenters. The van der Waals surface area contributed by atoms with E-state index in [4.69, 9.17) is 33.2 Å². The number of nitrogens with zero attached hydrogens (tertiary/aromatic N) is 5. The molecule has 0 saturated carbocycles. The van der Waals surface area contributed by atoms with Crippen LogP contribution in [0.2, 0.25) is 0 Å². The van der Waals surface area contributed by atoms with Crippen molar-refractivity contribution in [2.24, 2.45) is 5.92 Å². The highest BCUT2D eigenvalue weighted by atomic mass is 32.1. The van der Waals surface area contributed by atoms with E-state index < -0.39 is 20.2 Å². The third-order valence-electron chi connectivity index (χ3n) is 10.6. The van der Waals surface area contributed by atoms with E-state index in [-0.39, 0.29) is 36.8 Å². The second-order valence-electron chi connectivity index (χ2n) is 14.6. The van der Waals surface area contributed by atoms with E-state index in [1.807, 2.05) is 86.6 Å². The third-order valence-corrected chi connectivity index (χ3v) is 13.7. The minimum absolute atomic E-state index is 0.0497. The number of fused-ring (bicyclic) bond motifs is 3. The van der Waals surface area contributed by atoms with E-state index in [0.29, 0.717) is 23.2 Å². The van der Waals surface area contributed by atoms with Crippen LogP contribution in [0.15, 0.2) is 96.1 Å². The van der Waals surface area contributed by atoms with Crippen molar-refractivity contribution in [1.29, 1.82) is 5.26 Å². The van der Waals surface area contributed by atoms with Crippen LogP contribution in [-0.4, -0.2) is 64.8 Å². The van der Waals surface area contributed by atoms with Gasteiger partial charge in [-0.2, -0.15) is 5.26 Å². The predicted octanol–water partition coefficient (Wildman–Crippen LogP) is 8.92. The summed E-state index contributed by atoms with van der Waals surface area (Å²) in [6, 6.07) is 30.3. The van der Waals surface area contributed by atoms with Gasteiger partial charge in [0, 0.05) is 29.7 Å². The van der Waals surface area contributed by atoms with Crippen molar-refractivity contribution in [3.05, 3.63) is 130 Å². The normalized spacial score (nSPS) is 18.2. The standard InChI is InChI=1S/C44H48N5O6PS/c1-28(2)49-31(5)32(24-45)25-54-56(49)55-38(21-22-48-27-46-40-39-29(3)23-30(4)47-42(39)57-41(40)43(48)50)26-53-44(33-11-9-8-10-12-33,34-13-17-36(51-6)18-14-34)35-15-19-37(52-7)20-16-35/h8-20,23,27-28,31-32,38H,21-22,25-26H2,1-7H3. The van der Waals surface area contributed by atoms with Crippen LogP contribution in [-0.2, 0) is 25.9 Å². The fourth-order valence-corrected chi connectivity index (χ4v) is 10.6. The molecule has 4 atom stereocenters. The number of ether oxygens (including phenoxy) is 3. The van der Waals surface area contributed by atoms with Crippen molar-refractivity contribution < 1.29 is 23.3 Å². The van der Waals surface area contributed by atoms with Crippen LogP contribution in [0.1, 0.15) is 55.1 Å². The second kappa shape index (κ2) is 17.4. The molecule has 13 heteroatoms. The monoisotopic (exact) mass is 805 g/mol. The summed E-state index contributed by atoms with van der Waals surface area (Å²) in [5.74, 6) is 1.16. The molecule has 1 aliphatic heterocycles. The molecule has 0 N–H and O–H groups in total. The molecule has 1 aliphatic rings. The molecule has 1 fully saturated rings. The summed E-state index contributed by atoms with van der Waals surface area (Å²) in [7, 11) is 1.71. The summed E-state index contributed by atoms with van der Waals surface area (Å²) in [4.78, 5) is 24.4. The number of nitriles is 1. The number of aryl methyl sites for hydroxylation is 3. The summed E-state index contributed by atoms with van der Waals surface area (Å²) >= 11 is 1.38. The molecule has 11 nitrogen and oxygen atoms in total. The highest BCUT2D eigenvalue weighted by Gasteiger charge is 2.42. The first-order valence-electron chi connectivity index (χ1n) is 19.1. The molecular weight excluding hydrogens is 758 g/mol. The quantitative estimate of drug-likeness (QED) is 0.0780. The third kappa shape index (κ3) is 8.06. The smallest absolute Gasteiger partial charge is 0.271 e. The van der Waals surface area contributed by atoms with Crippen LogP contribution in [0.5, 0.6) is 11.5 Å². The molecule has 296 valence electrons. The van der Waals surface area contributed by atoms with Gasteiger partial charge in [-0.05, 0) is 93.6 Å². The van der Waals surface area contributed by atoms with Crippen LogP contribution >= 0.6 is 19.9 Å². The van der Waals surface area contributed by atoms with Gasteiger partial charge in [-0.15, -0.1) is 11.3 Å².